The molecule has 3 N–H and O–H groups in total. The van der Waals surface area contributed by atoms with Gasteiger partial charge in [0.05, 0.1) is 11.7 Å². The number of nitrogens with one attached hydrogen (secondary N) is 1. The minimum absolute atomic E-state index is 0.0136. The predicted octanol–water partition coefficient (Wildman–Crippen LogP) is 3.15. The van der Waals surface area contributed by atoms with Gasteiger partial charge < -0.3 is 9.29 Å². The zero-order valence-electron chi connectivity index (χ0n) is 20.1. The van der Waals surface area contributed by atoms with Crippen LogP contribution < -0.4 is 11.1 Å². The maximum atomic E-state index is 12.9. The van der Waals surface area contributed by atoms with Gasteiger partial charge >= 0.3 is 17.4 Å². The molecule has 2 aromatic rings. The maximum absolute atomic E-state index is 12.9. The molecule has 0 unspecified atom stereocenters. The molecule has 0 aliphatic carbocycles. The molecule has 0 amide bonds. The summed E-state index contributed by atoms with van der Waals surface area (Å²) in [5, 5.41) is 3.21. The average Bonchev–Trinajstić information content (AvgIpc) is 3.26. The number of guanidine groups is 1. The number of allylic oxidation sites excluding steroid dienone is 1. The minimum Gasteiger partial charge on any atom is -0.741 e. The van der Waals surface area contributed by atoms with Crippen LogP contribution in [0.15, 0.2) is 71.9 Å². The molecule has 1 fully saturated rings. The summed E-state index contributed by atoms with van der Waals surface area (Å²) in [5.74, 6) is 0.382. The third-order valence-electron chi connectivity index (χ3n) is 6.16. The number of hydrogen-bond donors (Lipinski definition) is 2. The summed E-state index contributed by atoms with van der Waals surface area (Å²) < 4.78 is 66.7. The number of halogens is 3. The van der Waals surface area contributed by atoms with Crippen molar-refractivity contribution in [1.29, 1.82) is 0 Å². The van der Waals surface area contributed by atoms with Crippen molar-refractivity contribution in [2.45, 2.75) is 56.8 Å². The number of aryl methyl sites for hydroxylation is 1. The Morgan fingerprint density at radius 1 is 1.08 bits per heavy atom. The average molecular weight is 540 g/mol. The standard InChI is InChI=1S/C24H27N3O2.CHF3O3S/c1-17-22(23(28)29-16-19-10-6-3-7-11-19)21-15-14-20(27(21)24(25)26-17)13-12-18-8-4-2-5-9-18;2-1(3,4)8(5,6)7/h2-11,20-21H,12-16H2,1H3,(H2,25,26,28);(H,5,6,7)/t20-,21+;/m0./s1. The van der Waals surface area contributed by atoms with Crippen molar-refractivity contribution < 1.29 is 40.2 Å². The van der Waals surface area contributed by atoms with Crippen LogP contribution in [0.3, 0.4) is 0 Å². The molecule has 2 aromatic carbocycles. The Kier molecular flexibility index (Phi) is 8.98. The monoisotopic (exact) mass is 539 g/mol. The quantitative estimate of drug-likeness (QED) is 0.250. The number of nitrogens with two attached hydrogens (primary N) is 1. The summed E-state index contributed by atoms with van der Waals surface area (Å²) in [6.45, 7) is 2.18. The van der Waals surface area contributed by atoms with Crippen LogP contribution in [0.25, 0.3) is 0 Å². The lowest BCUT2D eigenvalue weighted by atomic mass is 10.0. The highest BCUT2D eigenvalue weighted by molar-refractivity contribution is 7.86. The highest BCUT2D eigenvalue weighted by atomic mass is 32.2. The van der Waals surface area contributed by atoms with Crippen molar-refractivity contribution in [3.63, 3.8) is 0 Å². The summed E-state index contributed by atoms with van der Waals surface area (Å²) in [7, 11) is -6.09. The Balaban J connectivity index is 0.000000414. The first-order valence-electron chi connectivity index (χ1n) is 11.5. The number of hydrogen-bond acceptors (Lipinski definition) is 7. The lowest BCUT2D eigenvalue weighted by molar-refractivity contribution is -0.574. The number of nitrogens with zero attached hydrogens (tertiary/aromatic N) is 1. The van der Waals surface area contributed by atoms with Gasteiger partial charge in [-0.2, -0.15) is 13.2 Å². The van der Waals surface area contributed by atoms with Gasteiger partial charge in [0.2, 0.25) is 0 Å². The largest absolute Gasteiger partial charge is 0.741 e. The van der Waals surface area contributed by atoms with Crippen LogP contribution in [-0.4, -0.2) is 47.1 Å². The topological polar surface area (TPSA) is 125 Å². The third-order valence-corrected chi connectivity index (χ3v) is 6.73. The molecule has 0 saturated carbocycles. The van der Waals surface area contributed by atoms with Crippen molar-refractivity contribution in [2.75, 3.05) is 0 Å². The first-order chi connectivity index (χ1) is 17.4. The van der Waals surface area contributed by atoms with E-state index in [1.807, 2.05) is 43.3 Å². The van der Waals surface area contributed by atoms with Crippen LogP contribution in [0.1, 0.15) is 37.3 Å². The van der Waals surface area contributed by atoms with E-state index in [1.54, 1.807) is 0 Å². The predicted molar refractivity (Wildman–Crippen MR) is 129 cm³/mol. The van der Waals surface area contributed by atoms with E-state index in [-0.39, 0.29) is 18.6 Å². The maximum Gasteiger partial charge on any atom is 0.485 e. The van der Waals surface area contributed by atoms with Crippen LogP contribution in [0.4, 0.5) is 13.2 Å². The molecule has 37 heavy (non-hydrogen) atoms. The molecule has 0 bridgehead atoms. The first-order valence-corrected chi connectivity index (χ1v) is 12.9. The lowest BCUT2D eigenvalue weighted by Crippen LogP contribution is -2.50. The molecule has 2 atom stereocenters. The minimum atomic E-state index is -6.09. The Labute approximate surface area is 213 Å². The van der Waals surface area contributed by atoms with E-state index in [4.69, 9.17) is 23.4 Å². The number of alkyl halides is 3. The summed E-state index contributed by atoms with van der Waals surface area (Å²) in [4.78, 5) is 12.9. The number of rotatable bonds is 6. The van der Waals surface area contributed by atoms with Gasteiger partial charge in [0.15, 0.2) is 10.1 Å². The summed E-state index contributed by atoms with van der Waals surface area (Å²) in [6, 6.07) is 20.6. The molecule has 8 nitrogen and oxygen atoms in total. The number of carbonyl (C=O) groups is 1. The van der Waals surface area contributed by atoms with Gasteiger partial charge in [0.1, 0.15) is 18.2 Å². The van der Waals surface area contributed by atoms with E-state index in [0.29, 0.717) is 17.6 Å². The summed E-state index contributed by atoms with van der Waals surface area (Å²) in [5.41, 5.74) is 4.51. The Morgan fingerprint density at radius 2 is 1.62 bits per heavy atom. The van der Waals surface area contributed by atoms with Gasteiger partial charge in [-0.15, -0.1) is 0 Å². The second kappa shape index (κ2) is 11.8. The molecule has 0 aromatic heterocycles. The van der Waals surface area contributed by atoms with Gasteiger partial charge in [-0.25, -0.2) is 18.5 Å². The molecule has 2 aliphatic heterocycles. The molecule has 200 valence electrons. The van der Waals surface area contributed by atoms with Crippen LogP contribution in [0.5, 0.6) is 0 Å². The van der Waals surface area contributed by atoms with Gasteiger partial charge in [0.25, 0.3) is 0 Å². The van der Waals surface area contributed by atoms with Gasteiger partial charge in [-0.3, -0.25) is 10.3 Å². The van der Waals surface area contributed by atoms with E-state index in [0.717, 1.165) is 36.9 Å². The number of benzene rings is 2. The molecule has 2 heterocycles. The van der Waals surface area contributed by atoms with Crippen LogP contribution >= 0.6 is 0 Å². The number of fused-ring (bicyclic) bond motifs is 1. The third kappa shape index (κ3) is 7.32. The summed E-state index contributed by atoms with van der Waals surface area (Å²) >= 11 is 0. The molecule has 2 aliphatic rings. The molecular weight excluding hydrogens is 511 g/mol. The van der Waals surface area contributed by atoms with E-state index >= 15 is 0 Å². The first kappa shape index (κ1) is 28.2. The zero-order chi connectivity index (χ0) is 27.2. The Bertz CT molecular complexity index is 1260. The second-order valence-corrected chi connectivity index (χ2v) is 10.1. The van der Waals surface area contributed by atoms with Crippen molar-refractivity contribution >= 4 is 22.0 Å². The van der Waals surface area contributed by atoms with E-state index < -0.39 is 15.6 Å². The van der Waals surface area contributed by atoms with Crippen molar-refractivity contribution in [3.05, 3.63) is 83.1 Å². The Hall–Kier alpha value is -3.38. The number of esters is 1. The molecule has 0 spiro atoms. The smallest absolute Gasteiger partial charge is 0.485 e. The van der Waals surface area contributed by atoms with Gasteiger partial charge in [0, 0.05) is 0 Å². The van der Waals surface area contributed by atoms with Crippen molar-refractivity contribution in [2.24, 2.45) is 5.73 Å². The molecule has 1 saturated heterocycles. The highest BCUT2D eigenvalue weighted by Crippen LogP contribution is 2.31. The number of ether oxygens (including phenoxy) is 1. The van der Waals surface area contributed by atoms with E-state index in [1.165, 1.54) is 5.56 Å². The summed E-state index contributed by atoms with van der Waals surface area (Å²) in [6.07, 6.45) is 3.93. The fourth-order valence-electron chi connectivity index (χ4n) is 4.46. The zero-order valence-corrected chi connectivity index (χ0v) is 20.9. The second-order valence-electron chi connectivity index (χ2n) is 8.69. The number of carbonyl (C=O) groups excluding carboxylic acids is 1. The normalized spacial score (nSPS) is 19.5. The van der Waals surface area contributed by atoms with E-state index in [2.05, 4.69) is 34.2 Å². The fraction of sp³-hybridized carbons (Fsp3) is 0.360. The van der Waals surface area contributed by atoms with Crippen molar-refractivity contribution in [1.82, 2.24) is 5.32 Å². The molecule has 12 heteroatoms. The highest BCUT2D eigenvalue weighted by Gasteiger charge is 2.43. The van der Waals surface area contributed by atoms with Crippen LogP contribution in [-0.2, 0) is 32.7 Å². The van der Waals surface area contributed by atoms with Crippen LogP contribution in [0, 0.1) is 0 Å². The van der Waals surface area contributed by atoms with E-state index in [9.17, 15) is 18.0 Å². The molecule has 0 radical (unpaired) electrons. The van der Waals surface area contributed by atoms with Gasteiger partial charge in [-0.1, -0.05) is 60.7 Å². The van der Waals surface area contributed by atoms with Crippen molar-refractivity contribution in [3.8, 4) is 0 Å². The molecule has 4 rings (SSSR count). The SMILES string of the molecule is CC1=C(C(=O)OCc2ccccc2)[C@H]2CC[C@H](CCc3ccccc3)[N+]2=C(N)N1.O=S(=O)([O-])C(F)(F)F. The Morgan fingerprint density at radius 3 is 2.16 bits per heavy atom. The fourth-order valence-corrected chi connectivity index (χ4v) is 4.46. The van der Waals surface area contributed by atoms with Crippen LogP contribution in [0.2, 0.25) is 0 Å². The van der Waals surface area contributed by atoms with Gasteiger partial charge in [-0.05, 0) is 43.7 Å². The molecular formula is C25H28F3N3O5S. The lowest BCUT2D eigenvalue weighted by Gasteiger charge is -2.26.